The zero-order chi connectivity index (χ0) is 17.3. The number of hydrogen-bond acceptors (Lipinski definition) is 3. The molecule has 2 N–H and O–H groups in total. The number of nitrogens with one attached hydrogen (secondary N) is 1. The molecule has 0 saturated heterocycles. The van der Waals surface area contributed by atoms with Crippen LogP contribution in [-0.4, -0.2) is 23.0 Å². The van der Waals surface area contributed by atoms with Gasteiger partial charge in [-0.1, -0.05) is 36.9 Å². The molecule has 1 amide bonds. The summed E-state index contributed by atoms with van der Waals surface area (Å²) in [7, 11) is 0. The molecule has 4 nitrogen and oxygen atoms in total. The number of aliphatic imine (C=N–C) groups is 1. The lowest BCUT2D eigenvalue weighted by Gasteiger charge is -2.06. The number of halogens is 1. The molecule has 126 valence electrons. The standard InChI is InChI=1S/C19H21FN2O2/c1-3-21-15(13-9-10-13)11-12(2)16-17(14-7-5-4-6-8-14)19(16,20)18(23)22-24/h3-8,11,13,16-17,24H,2,9-10H2,1H3,(H,22,23)/b15-11-,21-3-/t16-,17-,19+/m1/s1. The van der Waals surface area contributed by atoms with E-state index in [2.05, 4.69) is 11.6 Å². The van der Waals surface area contributed by atoms with Crippen molar-refractivity contribution >= 4 is 12.1 Å². The molecule has 2 fully saturated rings. The Morgan fingerprint density at radius 2 is 2.08 bits per heavy atom. The molecule has 0 aromatic heterocycles. The minimum absolute atomic E-state index is 0.396. The first-order valence-corrected chi connectivity index (χ1v) is 8.11. The van der Waals surface area contributed by atoms with Gasteiger partial charge in [0.05, 0.1) is 0 Å². The highest BCUT2D eigenvalue weighted by Gasteiger charge is 2.72. The number of nitrogens with zero attached hydrogens (tertiary/aromatic N) is 1. The van der Waals surface area contributed by atoms with E-state index in [-0.39, 0.29) is 0 Å². The van der Waals surface area contributed by atoms with E-state index in [1.807, 2.05) is 13.0 Å². The summed E-state index contributed by atoms with van der Waals surface area (Å²) in [4.78, 5) is 16.3. The van der Waals surface area contributed by atoms with Gasteiger partial charge in [-0.25, -0.2) is 9.87 Å². The van der Waals surface area contributed by atoms with E-state index in [1.54, 1.807) is 36.6 Å². The molecule has 1 aromatic rings. The normalized spacial score (nSPS) is 29.5. The molecule has 2 aliphatic carbocycles. The number of carbonyl (C=O) groups is 1. The van der Waals surface area contributed by atoms with Gasteiger partial charge < -0.3 is 0 Å². The summed E-state index contributed by atoms with van der Waals surface area (Å²) in [6, 6.07) is 9.01. The molecule has 0 spiro atoms. The first kappa shape index (κ1) is 16.6. The first-order valence-electron chi connectivity index (χ1n) is 8.11. The van der Waals surface area contributed by atoms with Crippen LogP contribution in [0.25, 0.3) is 0 Å². The molecule has 24 heavy (non-hydrogen) atoms. The average Bonchev–Trinajstić information content (AvgIpc) is 3.49. The van der Waals surface area contributed by atoms with Crippen LogP contribution in [0.15, 0.2) is 59.2 Å². The van der Waals surface area contributed by atoms with Crippen LogP contribution in [0.5, 0.6) is 0 Å². The second kappa shape index (κ2) is 6.32. The fourth-order valence-corrected chi connectivity index (χ4v) is 3.37. The Balaban J connectivity index is 1.91. The molecule has 2 saturated carbocycles. The van der Waals surface area contributed by atoms with E-state index in [0.29, 0.717) is 11.5 Å². The summed E-state index contributed by atoms with van der Waals surface area (Å²) in [5.41, 5.74) is 1.40. The Hall–Kier alpha value is -2.27. The van der Waals surface area contributed by atoms with Gasteiger partial charge in [-0.2, -0.15) is 0 Å². The van der Waals surface area contributed by atoms with Gasteiger partial charge in [0.15, 0.2) is 0 Å². The highest BCUT2D eigenvalue weighted by Crippen LogP contribution is 2.64. The Labute approximate surface area is 140 Å². The zero-order valence-corrected chi connectivity index (χ0v) is 13.6. The fourth-order valence-electron chi connectivity index (χ4n) is 3.37. The molecule has 0 heterocycles. The van der Waals surface area contributed by atoms with Gasteiger partial charge in [0.25, 0.3) is 5.91 Å². The molecule has 3 atom stereocenters. The monoisotopic (exact) mass is 328 g/mol. The van der Waals surface area contributed by atoms with Crippen LogP contribution in [0.2, 0.25) is 0 Å². The van der Waals surface area contributed by atoms with Crippen LogP contribution in [0.4, 0.5) is 4.39 Å². The lowest BCUT2D eigenvalue weighted by molar-refractivity contribution is -0.136. The Morgan fingerprint density at radius 3 is 2.62 bits per heavy atom. The summed E-state index contributed by atoms with van der Waals surface area (Å²) in [5, 5.41) is 8.93. The molecule has 5 heteroatoms. The summed E-state index contributed by atoms with van der Waals surface area (Å²) < 4.78 is 15.3. The minimum Gasteiger partial charge on any atom is -0.289 e. The van der Waals surface area contributed by atoms with Gasteiger partial charge in [-0.05, 0) is 37.0 Å². The predicted molar refractivity (Wildman–Crippen MR) is 90.6 cm³/mol. The van der Waals surface area contributed by atoms with E-state index < -0.39 is 23.4 Å². The molecule has 1 aromatic carbocycles. The van der Waals surface area contributed by atoms with Gasteiger partial charge in [-0.15, -0.1) is 0 Å². The second-order valence-corrected chi connectivity index (χ2v) is 6.38. The molecule has 0 radical (unpaired) electrons. The summed E-state index contributed by atoms with van der Waals surface area (Å²) >= 11 is 0. The third-order valence-electron chi connectivity index (χ3n) is 4.74. The highest BCUT2D eigenvalue weighted by atomic mass is 19.1. The van der Waals surface area contributed by atoms with E-state index in [9.17, 15) is 4.79 Å². The summed E-state index contributed by atoms with van der Waals surface area (Å²) in [5.74, 6) is -1.98. The number of benzene rings is 1. The van der Waals surface area contributed by atoms with E-state index in [0.717, 1.165) is 24.1 Å². The van der Waals surface area contributed by atoms with E-state index >= 15 is 4.39 Å². The van der Waals surface area contributed by atoms with Crippen molar-refractivity contribution in [3.05, 3.63) is 59.8 Å². The minimum atomic E-state index is -2.19. The van der Waals surface area contributed by atoms with Crippen molar-refractivity contribution in [1.82, 2.24) is 5.48 Å². The van der Waals surface area contributed by atoms with Gasteiger partial charge >= 0.3 is 0 Å². The van der Waals surface area contributed by atoms with Crippen molar-refractivity contribution in [2.45, 2.75) is 31.4 Å². The Kier molecular flexibility index (Phi) is 4.37. The molecule has 0 aliphatic heterocycles. The van der Waals surface area contributed by atoms with E-state index in [4.69, 9.17) is 5.21 Å². The van der Waals surface area contributed by atoms with Gasteiger partial charge in [-0.3, -0.25) is 15.0 Å². The Morgan fingerprint density at radius 1 is 1.42 bits per heavy atom. The zero-order valence-electron chi connectivity index (χ0n) is 13.6. The number of amides is 1. The van der Waals surface area contributed by atoms with Gasteiger partial charge in [0.2, 0.25) is 5.67 Å². The van der Waals surface area contributed by atoms with Crippen molar-refractivity contribution in [3.63, 3.8) is 0 Å². The van der Waals surface area contributed by atoms with Crippen LogP contribution in [0.3, 0.4) is 0 Å². The van der Waals surface area contributed by atoms with Crippen molar-refractivity contribution in [1.29, 1.82) is 0 Å². The third kappa shape index (κ3) is 2.80. The molecule has 0 unspecified atom stereocenters. The maximum absolute atomic E-state index is 15.3. The smallest absolute Gasteiger partial charge is 0.282 e. The van der Waals surface area contributed by atoms with Crippen molar-refractivity contribution in [2.75, 3.05) is 0 Å². The molecule has 0 bridgehead atoms. The van der Waals surface area contributed by atoms with Crippen molar-refractivity contribution < 1.29 is 14.4 Å². The van der Waals surface area contributed by atoms with Gasteiger partial charge in [0.1, 0.15) is 0 Å². The summed E-state index contributed by atoms with van der Waals surface area (Å²) in [6.45, 7) is 5.82. The first-order chi connectivity index (χ1) is 11.5. The number of allylic oxidation sites excluding steroid dienone is 3. The number of alkyl halides is 1. The third-order valence-corrected chi connectivity index (χ3v) is 4.74. The quantitative estimate of drug-likeness (QED) is 0.363. The fraction of sp³-hybridized carbons (Fsp3) is 0.368. The van der Waals surface area contributed by atoms with Crippen molar-refractivity contribution in [2.24, 2.45) is 16.8 Å². The van der Waals surface area contributed by atoms with Crippen molar-refractivity contribution in [3.8, 4) is 0 Å². The van der Waals surface area contributed by atoms with Crippen LogP contribution in [0, 0.1) is 11.8 Å². The SMILES string of the molecule is C=C(/C=C(\N=C/C)C1CC1)[C@@H]1[C@@H](c2ccccc2)[C@]1(F)C(=O)NO. The average molecular weight is 328 g/mol. The maximum atomic E-state index is 15.3. The highest BCUT2D eigenvalue weighted by molar-refractivity contribution is 5.91. The van der Waals surface area contributed by atoms with Crippen LogP contribution in [0.1, 0.15) is 31.2 Å². The van der Waals surface area contributed by atoms with Crippen LogP contribution < -0.4 is 5.48 Å². The van der Waals surface area contributed by atoms with Gasteiger partial charge in [0, 0.05) is 29.7 Å². The topological polar surface area (TPSA) is 61.7 Å². The van der Waals surface area contributed by atoms with Crippen LogP contribution >= 0.6 is 0 Å². The largest absolute Gasteiger partial charge is 0.289 e. The number of rotatable bonds is 6. The van der Waals surface area contributed by atoms with E-state index in [1.165, 1.54) is 5.48 Å². The lowest BCUT2D eigenvalue weighted by atomic mass is 10.0. The lowest BCUT2D eigenvalue weighted by Crippen LogP contribution is -2.33. The number of carbonyl (C=O) groups excluding carboxylic acids is 1. The Bertz CT molecular complexity index is 709. The molecule has 3 rings (SSSR count). The second-order valence-electron chi connectivity index (χ2n) is 6.38. The number of hydrogen-bond donors (Lipinski definition) is 2. The number of hydroxylamine groups is 1. The summed E-state index contributed by atoms with van der Waals surface area (Å²) in [6.07, 6.45) is 5.65. The molecule has 2 aliphatic rings. The van der Waals surface area contributed by atoms with Crippen LogP contribution in [-0.2, 0) is 4.79 Å². The predicted octanol–water partition coefficient (Wildman–Crippen LogP) is 3.55. The molecular weight excluding hydrogens is 307 g/mol. The molecular formula is C19H21FN2O2. The maximum Gasteiger partial charge on any atom is 0.282 e.